The van der Waals surface area contributed by atoms with Crippen molar-refractivity contribution >= 4 is 5.97 Å². The van der Waals surface area contributed by atoms with Gasteiger partial charge in [-0.25, -0.2) is 9.78 Å². The van der Waals surface area contributed by atoms with E-state index in [4.69, 9.17) is 9.94 Å². The molecule has 6 heteroatoms. The van der Waals surface area contributed by atoms with Gasteiger partial charge in [0, 0.05) is 25.2 Å². The molecule has 0 aromatic carbocycles. The smallest absolute Gasteiger partial charge is 0.375 e. The fourth-order valence-corrected chi connectivity index (χ4v) is 1.67. The van der Waals surface area contributed by atoms with Gasteiger partial charge in [-0.15, -0.1) is 0 Å². The van der Waals surface area contributed by atoms with Crippen molar-refractivity contribution in [1.29, 1.82) is 0 Å². The van der Waals surface area contributed by atoms with Crippen LogP contribution in [0.2, 0.25) is 0 Å². The molecule has 0 saturated heterocycles. The normalized spacial score (nSPS) is 14.2. The molecule has 6 nitrogen and oxygen atoms in total. The second kappa shape index (κ2) is 5.72. The van der Waals surface area contributed by atoms with Gasteiger partial charge in [0.15, 0.2) is 0 Å². The molecular weight excluding hydrogens is 222 g/mol. The van der Waals surface area contributed by atoms with Crippen LogP contribution in [0.1, 0.15) is 21.7 Å². The zero-order valence-electron chi connectivity index (χ0n) is 9.40. The van der Waals surface area contributed by atoms with Crippen molar-refractivity contribution in [2.75, 3.05) is 19.7 Å². The number of nitrogens with one attached hydrogen (secondary N) is 2. The zero-order valence-corrected chi connectivity index (χ0v) is 9.40. The number of fused-ring (bicyclic) bond motifs is 1. The highest BCUT2D eigenvalue weighted by atomic mass is 16.7. The minimum Gasteiger partial charge on any atom is -0.395 e. The van der Waals surface area contributed by atoms with Gasteiger partial charge in [0.05, 0.1) is 13.2 Å². The lowest BCUT2D eigenvalue weighted by molar-refractivity contribution is 0.0216. The Bertz CT molecular complexity index is 409. The molecule has 2 rings (SSSR count). The lowest BCUT2D eigenvalue weighted by Gasteiger charge is -2.16. The molecule has 1 aromatic heterocycles. The van der Waals surface area contributed by atoms with Crippen LogP contribution < -0.4 is 10.8 Å². The molecule has 2 heterocycles. The van der Waals surface area contributed by atoms with E-state index >= 15 is 0 Å². The highest BCUT2D eigenvalue weighted by Crippen LogP contribution is 2.12. The SMILES string of the molecule is O=C(ONCCO)c1ccc2c(n1)CCNC2. The fraction of sp³-hybridized carbons (Fsp3) is 0.455. The largest absolute Gasteiger partial charge is 0.395 e. The van der Waals surface area contributed by atoms with Crippen molar-refractivity contribution in [2.45, 2.75) is 13.0 Å². The van der Waals surface area contributed by atoms with Gasteiger partial charge in [-0.05, 0) is 11.6 Å². The lowest BCUT2D eigenvalue weighted by Crippen LogP contribution is -2.27. The fourth-order valence-electron chi connectivity index (χ4n) is 1.67. The van der Waals surface area contributed by atoms with Crippen molar-refractivity contribution in [3.05, 3.63) is 29.1 Å². The van der Waals surface area contributed by atoms with Crippen LogP contribution in [0.15, 0.2) is 12.1 Å². The number of hydrogen-bond donors (Lipinski definition) is 3. The van der Waals surface area contributed by atoms with Crippen LogP contribution in [0.4, 0.5) is 0 Å². The summed E-state index contributed by atoms with van der Waals surface area (Å²) in [6, 6.07) is 3.53. The molecule has 1 aliphatic heterocycles. The average molecular weight is 237 g/mol. The van der Waals surface area contributed by atoms with Crippen LogP contribution >= 0.6 is 0 Å². The summed E-state index contributed by atoms with van der Waals surface area (Å²) in [6.45, 7) is 1.79. The molecule has 0 fully saturated rings. The number of nitrogens with zero attached hydrogens (tertiary/aromatic N) is 1. The molecule has 1 aliphatic rings. The third kappa shape index (κ3) is 3.00. The van der Waals surface area contributed by atoms with Crippen molar-refractivity contribution < 1.29 is 14.7 Å². The maximum absolute atomic E-state index is 11.6. The van der Waals surface area contributed by atoms with Crippen LogP contribution in [0.3, 0.4) is 0 Å². The molecule has 17 heavy (non-hydrogen) atoms. The number of pyridine rings is 1. The van der Waals surface area contributed by atoms with E-state index in [1.165, 1.54) is 0 Å². The molecule has 0 bridgehead atoms. The summed E-state index contributed by atoms with van der Waals surface area (Å²) in [5.41, 5.74) is 4.72. The summed E-state index contributed by atoms with van der Waals surface area (Å²) >= 11 is 0. The topological polar surface area (TPSA) is 83.5 Å². The molecule has 0 saturated carbocycles. The van der Waals surface area contributed by atoms with Gasteiger partial charge in [0.1, 0.15) is 5.69 Å². The van der Waals surface area contributed by atoms with Gasteiger partial charge in [0.2, 0.25) is 0 Å². The Hall–Kier alpha value is -1.50. The monoisotopic (exact) mass is 237 g/mol. The van der Waals surface area contributed by atoms with Crippen LogP contribution in [0, 0.1) is 0 Å². The predicted molar refractivity (Wildman–Crippen MR) is 60.2 cm³/mol. The standard InChI is InChI=1S/C11H15N3O3/c15-6-5-13-17-11(16)10-2-1-8-7-12-4-3-9(8)14-10/h1-2,12-13,15H,3-7H2. The molecule has 0 radical (unpaired) electrons. The first-order chi connectivity index (χ1) is 8.31. The van der Waals surface area contributed by atoms with Gasteiger partial charge in [-0.1, -0.05) is 6.07 Å². The number of carbonyl (C=O) groups excluding carboxylic acids is 1. The van der Waals surface area contributed by atoms with E-state index in [0.29, 0.717) is 0 Å². The van der Waals surface area contributed by atoms with Crippen molar-refractivity contribution in [3.8, 4) is 0 Å². The number of aliphatic hydroxyl groups is 1. The van der Waals surface area contributed by atoms with E-state index in [-0.39, 0.29) is 18.8 Å². The first-order valence-electron chi connectivity index (χ1n) is 5.55. The van der Waals surface area contributed by atoms with Crippen molar-refractivity contribution in [3.63, 3.8) is 0 Å². The molecule has 92 valence electrons. The Morgan fingerprint density at radius 3 is 3.29 bits per heavy atom. The zero-order chi connectivity index (χ0) is 12.1. The Kier molecular flexibility index (Phi) is 4.03. The molecule has 0 amide bonds. The van der Waals surface area contributed by atoms with Crippen LogP contribution in [-0.2, 0) is 17.8 Å². The maximum Gasteiger partial charge on any atom is 0.375 e. The number of carbonyl (C=O) groups is 1. The minimum absolute atomic E-state index is 0.0867. The summed E-state index contributed by atoms with van der Waals surface area (Å²) in [5, 5.41) is 11.8. The highest BCUT2D eigenvalue weighted by Gasteiger charge is 2.15. The summed E-state index contributed by atoms with van der Waals surface area (Å²) in [6.07, 6.45) is 0.820. The Morgan fingerprint density at radius 2 is 2.47 bits per heavy atom. The van der Waals surface area contributed by atoms with E-state index in [2.05, 4.69) is 15.8 Å². The van der Waals surface area contributed by atoms with Gasteiger partial charge in [0.25, 0.3) is 0 Å². The van der Waals surface area contributed by atoms with E-state index in [1.807, 2.05) is 6.07 Å². The Morgan fingerprint density at radius 1 is 1.59 bits per heavy atom. The van der Waals surface area contributed by atoms with Crippen LogP contribution in [0.5, 0.6) is 0 Å². The Labute approximate surface area is 99.0 Å². The summed E-state index contributed by atoms with van der Waals surface area (Å²) in [5.74, 6) is -0.528. The first kappa shape index (κ1) is 12.0. The van der Waals surface area contributed by atoms with E-state index in [0.717, 1.165) is 30.8 Å². The molecule has 0 spiro atoms. The van der Waals surface area contributed by atoms with Crippen LogP contribution in [-0.4, -0.2) is 35.8 Å². The number of hydroxylamine groups is 1. The predicted octanol–water partition coefficient (Wildman–Crippen LogP) is -0.619. The summed E-state index contributed by atoms with van der Waals surface area (Å²) < 4.78 is 0. The van der Waals surface area contributed by atoms with Crippen LogP contribution in [0.25, 0.3) is 0 Å². The molecule has 0 aliphatic carbocycles. The number of aliphatic hydroxyl groups excluding tert-OH is 1. The number of aromatic nitrogens is 1. The molecule has 3 N–H and O–H groups in total. The number of rotatable bonds is 4. The molecule has 1 aromatic rings. The molecule has 0 unspecified atom stereocenters. The minimum atomic E-state index is -0.528. The van der Waals surface area contributed by atoms with Gasteiger partial charge >= 0.3 is 5.97 Å². The molecule has 0 atom stereocenters. The second-order valence-electron chi connectivity index (χ2n) is 3.74. The van der Waals surface area contributed by atoms with Crippen molar-refractivity contribution in [1.82, 2.24) is 15.8 Å². The van der Waals surface area contributed by atoms with Gasteiger partial charge < -0.3 is 15.3 Å². The second-order valence-corrected chi connectivity index (χ2v) is 3.74. The van der Waals surface area contributed by atoms with E-state index in [1.54, 1.807) is 6.07 Å². The van der Waals surface area contributed by atoms with Gasteiger partial charge in [-0.2, -0.15) is 5.48 Å². The summed E-state index contributed by atoms with van der Waals surface area (Å²) in [7, 11) is 0. The van der Waals surface area contributed by atoms with Crippen molar-refractivity contribution in [2.24, 2.45) is 0 Å². The van der Waals surface area contributed by atoms with Gasteiger partial charge in [-0.3, -0.25) is 0 Å². The highest BCUT2D eigenvalue weighted by molar-refractivity contribution is 5.87. The quantitative estimate of drug-likeness (QED) is 0.478. The lowest BCUT2D eigenvalue weighted by atomic mass is 10.1. The maximum atomic E-state index is 11.6. The third-order valence-electron chi connectivity index (χ3n) is 2.51. The summed E-state index contributed by atoms with van der Waals surface area (Å²) in [4.78, 5) is 20.6. The first-order valence-corrected chi connectivity index (χ1v) is 5.55. The number of hydrogen-bond acceptors (Lipinski definition) is 6. The Balaban J connectivity index is 2.03. The average Bonchev–Trinajstić information content (AvgIpc) is 2.38. The third-order valence-corrected chi connectivity index (χ3v) is 2.51. The molecular formula is C11H15N3O3. The van der Waals surface area contributed by atoms with E-state index in [9.17, 15) is 4.79 Å². The van der Waals surface area contributed by atoms with E-state index < -0.39 is 5.97 Å².